The zero-order valence-electron chi connectivity index (χ0n) is 17.0. The van der Waals surface area contributed by atoms with E-state index in [-0.39, 0.29) is 17.9 Å². The lowest BCUT2D eigenvalue weighted by Crippen LogP contribution is -2.40. The van der Waals surface area contributed by atoms with Crippen LogP contribution in [0.15, 0.2) is 23.1 Å². The van der Waals surface area contributed by atoms with E-state index < -0.39 is 15.6 Å². The summed E-state index contributed by atoms with van der Waals surface area (Å²) in [4.78, 5) is 12.2. The van der Waals surface area contributed by atoms with E-state index in [4.69, 9.17) is 4.74 Å². The van der Waals surface area contributed by atoms with Crippen molar-refractivity contribution >= 4 is 21.7 Å². The van der Waals surface area contributed by atoms with E-state index in [1.165, 1.54) is 0 Å². The molecular weight excluding hydrogens is 364 g/mol. The summed E-state index contributed by atoms with van der Waals surface area (Å²) in [5, 5.41) is 3.47. The van der Waals surface area contributed by atoms with Gasteiger partial charge in [-0.2, -0.15) is 0 Å². The zero-order chi connectivity index (χ0) is 20.2. The Morgan fingerprint density at radius 2 is 1.81 bits per heavy atom. The summed E-state index contributed by atoms with van der Waals surface area (Å²) in [7, 11) is -3.59. The van der Waals surface area contributed by atoms with Gasteiger partial charge in [0.05, 0.1) is 17.4 Å². The van der Waals surface area contributed by atoms with Gasteiger partial charge in [0.1, 0.15) is 0 Å². The van der Waals surface area contributed by atoms with E-state index in [0.717, 1.165) is 31.4 Å². The van der Waals surface area contributed by atoms with E-state index in [1.54, 1.807) is 12.1 Å². The van der Waals surface area contributed by atoms with Crippen molar-refractivity contribution in [3.8, 4) is 0 Å². The molecule has 0 heterocycles. The van der Waals surface area contributed by atoms with Gasteiger partial charge in [-0.15, -0.1) is 0 Å². The van der Waals surface area contributed by atoms with Crippen LogP contribution in [0.25, 0.3) is 0 Å². The van der Waals surface area contributed by atoms with Gasteiger partial charge in [-0.1, -0.05) is 6.07 Å². The smallest absolute Gasteiger partial charge is 0.308 e. The molecule has 1 aromatic carbocycles. The van der Waals surface area contributed by atoms with E-state index in [1.807, 2.05) is 40.7 Å². The van der Waals surface area contributed by atoms with Crippen LogP contribution in [-0.4, -0.2) is 32.6 Å². The average molecular weight is 397 g/mol. The molecule has 0 radical (unpaired) electrons. The predicted molar refractivity (Wildman–Crippen MR) is 107 cm³/mol. The molecule has 0 aromatic heterocycles. The van der Waals surface area contributed by atoms with Crippen LogP contribution in [0, 0.1) is 12.8 Å². The maximum Gasteiger partial charge on any atom is 0.308 e. The van der Waals surface area contributed by atoms with E-state index in [0.29, 0.717) is 17.1 Å². The number of carbonyl (C=O) groups is 1. The van der Waals surface area contributed by atoms with Crippen molar-refractivity contribution in [1.29, 1.82) is 0 Å². The van der Waals surface area contributed by atoms with Crippen LogP contribution >= 0.6 is 0 Å². The highest BCUT2D eigenvalue weighted by Crippen LogP contribution is 2.30. The van der Waals surface area contributed by atoms with Crippen molar-refractivity contribution in [2.24, 2.45) is 5.92 Å². The number of carbonyl (C=O) groups excluding carboxylic acids is 1. The number of hydrogen-bond acceptors (Lipinski definition) is 5. The summed E-state index contributed by atoms with van der Waals surface area (Å²) in [6, 6.07) is 5.52. The molecule has 0 amide bonds. The van der Waals surface area contributed by atoms with Crippen molar-refractivity contribution in [2.75, 3.05) is 11.9 Å². The molecule has 6 nitrogen and oxygen atoms in total. The topological polar surface area (TPSA) is 84.5 Å². The minimum Gasteiger partial charge on any atom is -0.466 e. The summed E-state index contributed by atoms with van der Waals surface area (Å²) in [5.41, 5.74) is 0.994. The number of anilines is 1. The molecule has 1 aliphatic carbocycles. The Morgan fingerprint density at radius 1 is 1.19 bits per heavy atom. The van der Waals surface area contributed by atoms with Crippen LogP contribution in [0.5, 0.6) is 0 Å². The van der Waals surface area contributed by atoms with Crippen molar-refractivity contribution in [3.05, 3.63) is 23.8 Å². The number of hydrogen-bond donors (Lipinski definition) is 2. The number of ether oxygens (including phenoxy) is 1. The second-order valence-corrected chi connectivity index (χ2v) is 9.88. The Balaban J connectivity index is 2.08. The van der Waals surface area contributed by atoms with Crippen LogP contribution in [0.4, 0.5) is 5.69 Å². The maximum atomic E-state index is 12.7. The first-order chi connectivity index (χ1) is 12.5. The maximum absolute atomic E-state index is 12.7. The van der Waals surface area contributed by atoms with Crippen LogP contribution in [0.1, 0.15) is 58.9 Å². The van der Waals surface area contributed by atoms with Gasteiger partial charge in [-0.05, 0) is 78.0 Å². The summed E-state index contributed by atoms with van der Waals surface area (Å²) in [6.45, 7) is 9.53. The molecule has 0 atom stereocenters. The molecule has 0 bridgehead atoms. The predicted octanol–water partition coefficient (Wildman–Crippen LogP) is 3.61. The third-order valence-electron chi connectivity index (χ3n) is 4.72. The molecule has 0 unspecified atom stereocenters. The highest BCUT2D eigenvalue weighted by atomic mass is 32.2. The Hall–Kier alpha value is -1.60. The number of nitrogens with one attached hydrogen (secondary N) is 2. The lowest BCUT2D eigenvalue weighted by molar-refractivity contribution is -0.149. The number of esters is 1. The lowest BCUT2D eigenvalue weighted by Gasteiger charge is -2.29. The van der Waals surface area contributed by atoms with Crippen molar-refractivity contribution < 1.29 is 17.9 Å². The Kier molecular flexibility index (Phi) is 6.92. The van der Waals surface area contributed by atoms with E-state index in [9.17, 15) is 13.2 Å². The van der Waals surface area contributed by atoms with Gasteiger partial charge in [0.15, 0.2) is 0 Å². The minimum absolute atomic E-state index is 0.0215. The minimum atomic E-state index is -3.59. The SMILES string of the molecule is CCOC(=O)C1CCC(Nc2cccc(S(=O)(=O)NC(C)(C)C)c2C)CC1. The molecule has 0 saturated heterocycles. The van der Waals surface area contributed by atoms with Crippen LogP contribution < -0.4 is 10.0 Å². The standard InChI is InChI=1S/C20H32N2O4S/c1-6-26-19(23)15-10-12-16(13-11-15)21-17-8-7-9-18(14(17)2)27(24,25)22-20(3,4)5/h7-9,15-16,21-22H,6,10-13H2,1-5H3. The first kappa shape index (κ1) is 21.7. The summed E-state index contributed by atoms with van der Waals surface area (Å²) >= 11 is 0. The normalized spacial score (nSPS) is 20.9. The monoisotopic (exact) mass is 396 g/mol. The molecule has 1 aliphatic rings. The Bertz CT molecular complexity index is 761. The molecular formula is C20H32N2O4S. The quantitative estimate of drug-likeness (QED) is 0.718. The van der Waals surface area contributed by atoms with Crippen LogP contribution in [-0.2, 0) is 19.6 Å². The molecule has 1 saturated carbocycles. The van der Waals surface area contributed by atoms with E-state index >= 15 is 0 Å². The van der Waals surface area contributed by atoms with Crippen molar-refractivity contribution in [3.63, 3.8) is 0 Å². The number of rotatable bonds is 6. The van der Waals surface area contributed by atoms with E-state index in [2.05, 4.69) is 10.0 Å². The molecule has 152 valence electrons. The third kappa shape index (κ3) is 5.94. The molecule has 7 heteroatoms. The van der Waals surface area contributed by atoms with Gasteiger partial charge in [0.25, 0.3) is 0 Å². The number of benzene rings is 1. The van der Waals surface area contributed by atoms with Gasteiger partial charge >= 0.3 is 5.97 Å². The van der Waals surface area contributed by atoms with Crippen molar-refractivity contribution in [1.82, 2.24) is 4.72 Å². The fourth-order valence-corrected chi connectivity index (χ4v) is 5.16. The molecule has 1 aromatic rings. The Labute approximate surface area is 163 Å². The third-order valence-corrected chi connectivity index (χ3v) is 6.62. The Morgan fingerprint density at radius 3 is 2.37 bits per heavy atom. The first-order valence-corrected chi connectivity index (χ1v) is 11.1. The lowest BCUT2D eigenvalue weighted by atomic mass is 9.86. The summed E-state index contributed by atoms with van der Waals surface area (Å²) < 4.78 is 33.2. The van der Waals surface area contributed by atoms with Gasteiger partial charge in [-0.25, -0.2) is 13.1 Å². The highest BCUT2D eigenvalue weighted by molar-refractivity contribution is 7.89. The van der Waals surface area contributed by atoms with Crippen LogP contribution in [0.2, 0.25) is 0 Å². The largest absolute Gasteiger partial charge is 0.466 e. The first-order valence-electron chi connectivity index (χ1n) is 9.60. The highest BCUT2D eigenvalue weighted by Gasteiger charge is 2.28. The molecule has 0 spiro atoms. The van der Waals surface area contributed by atoms with Gasteiger partial charge < -0.3 is 10.1 Å². The number of sulfonamides is 1. The second kappa shape index (κ2) is 8.61. The molecule has 2 N–H and O–H groups in total. The average Bonchev–Trinajstić information content (AvgIpc) is 2.55. The van der Waals surface area contributed by atoms with Gasteiger partial charge in [0, 0.05) is 17.3 Å². The second-order valence-electron chi connectivity index (χ2n) is 8.23. The van der Waals surface area contributed by atoms with Gasteiger partial charge in [0.2, 0.25) is 10.0 Å². The van der Waals surface area contributed by atoms with Crippen LogP contribution in [0.3, 0.4) is 0 Å². The summed E-state index contributed by atoms with van der Waals surface area (Å²) in [5.74, 6) is -0.125. The molecule has 27 heavy (non-hydrogen) atoms. The van der Waals surface area contributed by atoms with Gasteiger partial charge in [-0.3, -0.25) is 4.79 Å². The molecule has 0 aliphatic heterocycles. The summed E-state index contributed by atoms with van der Waals surface area (Å²) in [6.07, 6.45) is 3.30. The molecule has 1 fully saturated rings. The molecule has 2 rings (SSSR count). The zero-order valence-corrected chi connectivity index (χ0v) is 17.8. The fourth-order valence-electron chi connectivity index (χ4n) is 3.47. The fraction of sp³-hybridized carbons (Fsp3) is 0.650. The van der Waals surface area contributed by atoms with Crippen molar-refractivity contribution in [2.45, 2.75) is 76.8 Å².